The van der Waals surface area contributed by atoms with Crippen molar-refractivity contribution in [2.24, 2.45) is 0 Å². The van der Waals surface area contributed by atoms with Crippen LogP contribution in [0.5, 0.6) is 0 Å². The third kappa shape index (κ3) is 10.8. The Morgan fingerprint density at radius 2 is 1.50 bits per heavy atom. The Labute approximate surface area is 118 Å². The fourth-order valence-electron chi connectivity index (χ4n) is 1.73. The summed E-state index contributed by atoms with van der Waals surface area (Å²) in [5.41, 5.74) is -3.28. The Kier molecular flexibility index (Phi) is 9.86. The van der Waals surface area contributed by atoms with Gasteiger partial charge in [0, 0.05) is 6.42 Å². The first-order valence-electron chi connectivity index (χ1n) is 7.02. The van der Waals surface area contributed by atoms with Crippen LogP contribution in [0.2, 0.25) is 0 Å². The molecule has 0 N–H and O–H groups in total. The van der Waals surface area contributed by atoms with Gasteiger partial charge in [0.05, 0.1) is 0 Å². The third-order valence-electron chi connectivity index (χ3n) is 2.95. The average Bonchev–Trinajstić information content (AvgIpc) is 2.32. The molecule has 0 aliphatic rings. The maximum Gasteiger partial charge on any atom is 0.389 e. The summed E-state index contributed by atoms with van der Waals surface area (Å²) in [5, 5.41) is 0. The molecular weight excluding hydrogens is 301 g/mol. The van der Waals surface area contributed by atoms with Crippen molar-refractivity contribution in [1.82, 2.24) is 0 Å². The van der Waals surface area contributed by atoms with Crippen LogP contribution in [0.4, 0.5) is 26.3 Å². The summed E-state index contributed by atoms with van der Waals surface area (Å²) in [5.74, 6) is 0. The van der Waals surface area contributed by atoms with Crippen LogP contribution >= 0.6 is 8.58 Å². The fraction of sp³-hybridized carbons (Fsp3) is 1.00. The Morgan fingerprint density at radius 3 is 2.05 bits per heavy atom. The van der Waals surface area contributed by atoms with E-state index in [-0.39, 0.29) is 19.3 Å². The first-order valence-corrected chi connectivity index (χ1v) is 8.23. The molecule has 0 aliphatic heterocycles. The van der Waals surface area contributed by atoms with Gasteiger partial charge in [-0.25, -0.2) is 4.39 Å². The summed E-state index contributed by atoms with van der Waals surface area (Å²) >= 11 is 0. The summed E-state index contributed by atoms with van der Waals surface area (Å²) in [6.07, 6.45) is -4.80. The maximum absolute atomic E-state index is 13.4. The predicted molar refractivity (Wildman–Crippen MR) is 71.7 cm³/mol. The second-order valence-corrected chi connectivity index (χ2v) is 6.46. The predicted octanol–water partition coefficient (Wildman–Crippen LogP) is 6.30. The molecule has 0 aliphatic carbocycles. The van der Waals surface area contributed by atoms with Crippen molar-refractivity contribution in [3.8, 4) is 0 Å². The van der Waals surface area contributed by atoms with E-state index in [9.17, 15) is 26.3 Å². The first-order chi connectivity index (χ1) is 9.19. The molecule has 0 heterocycles. The highest BCUT2D eigenvalue weighted by atomic mass is 31.1. The van der Waals surface area contributed by atoms with Gasteiger partial charge in [-0.15, -0.1) is 0 Å². The normalized spacial score (nSPS) is 15.2. The van der Waals surface area contributed by atoms with Crippen LogP contribution in [0.1, 0.15) is 58.3 Å². The van der Waals surface area contributed by atoms with E-state index in [4.69, 9.17) is 0 Å². The van der Waals surface area contributed by atoms with Gasteiger partial charge in [0.15, 0.2) is 6.17 Å². The highest BCUT2D eigenvalue weighted by Gasteiger charge is 2.38. The molecular formula is C13H23F6P. The molecule has 0 bridgehead atoms. The summed E-state index contributed by atoms with van der Waals surface area (Å²) in [6.45, 7) is 1.89. The second kappa shape index (κ2) is 9.86. The van der Waals surface area contributed by atoms with Gasteiger partial charge in [-0.1, -0.05) is 32.6 Å². The SMILES string of the molecule is CCCCPC(F)(F)C(F)CCCCCCC(F)(F)F. The lowest BCUT2D eigenvalue weighted by atomic mass is 10.1. The molecule has 0 radical (unpaired) electrons. The van der Waals surface area contributed by atoms with E-state index in [0.29, 0.717) is 25.4 Å². The lowest BCUT2D eigenvalue weighted by Gasteiger charge is -2.20. The number of rotatable bonds is 11. The van der Waals surface area contributed by atoms with E-state index in [1.165, 1.54) is 0 Å². The van der Waals surface area contributed by atoms with Crippen molar-refractivity contribution in [3.63, 3.8) is 0 Å². The minimum Gasteiger partial charge on any atom is -0.240 e. The topological polar surface area (TPSA) is 0 Å². The number of hydrogen-bond acceptors (Lipinski definition) is 0. The smallest absolute Gasteiger partial charge is 0.240 e. The van der Waals surface area contributed by atoms with Crippen LogP contribution in [0.3, 0.4) is 0 Å². The van der Waals surface area contributed by atoms with Gasteiger partial charge in [-0.2, -0.15) is 22.0 Å². The van der Waals surface area contributed by atoms with Crippen molar-refractivity contribution in [2.75, 3.05) is 6.16 Å². The minimum atomic E-state index is -4.17. The van der Waals surface area contributed by atoms with E-state index < -0.39 is 33.0 Å². The number of halogens is 6. The van der Waals surface area contributed by atoms with Crippen molar-refractivity contribution in [2.45, 2.75) is 76.3 Å². The van der Waals surface area contributed by atoms with Crippen molar-refractivity contribution in [1.29, 1.82) is 0 Å². The zero-order chi connectivity index (χ0) is 15.6. The molecule has 122 valence electrons. The van der Waals surface area contributed by atoms with E-state index in [0.717, 1.165) is 6.42 Å². The molecule has 0 aromatic rings. The van der Waals surface area contributed by atoms with Crippen LogP contribution in [-0.4, -0.2) is 24.2 Å². The maximum atomic E-state index is 13.4. The van der Waals surface area contributed by atoms with Crippen molar-refractivity contribution in [3.05, 3.63) is 0 Å². The minimum absolute atomic E-state index is 0.0188. The molecule has 0 aromatic heterocycles. The van der Waals surface area contributed by atoms with Crippen LogP contribution in [-0.2, 0) is 0 Å². The Bertz CT molecular complexity index is 242. The summed E-state index contributed by atoms with van der Waals surface area (Å²) in [7, 11) is -0.706. The summed E-state index contributed by atoms with van der Waals surface area (Å²) in [6, 6.07) is 0. The molecule has 20 heavy (non-hydrogen) atoms. The molecule has 0 rings (SSSR count). The van der Waals surface area contributed by atoms with Crippen LogP contribution in [0, 0.1) is 0 Å². The van der Waals surface area contributed by atoms with Gasteiger partial charge < -0.3 is 0 Å². The van der Waals surface area contributed by atoms with E-state index >= 15 is 0 Å². The van der Waals surface area contributed by atoms with Crippen molar-refractivity contribution < 1.29 is 26.3 Å². The molecule has 0 spiro atoms. The van der Waals surface area contributed by atoms with E-state index in [1.54, 1.807) is 0 Å². The highest BCUT2D eigenvalue weighted by molar-refractivity contribution is 7.39. The van der Waals surface area contributed by atoms with E-state index in [1.807, 2.05) is 6.92 Å². The molecule has 0 nitrogen and oxygen atoms in total. The van der Waals surface area contributed by atoms with Crippen LogP contribution in [0.15, 0.2) is 0 Å². The zero-order valence-corrected chi connectivity index (χ0v) is 12.7. The Balaban J connectivity index is 3.68. The van der Waals surface area contributed by atoms with E-state index in [2.05, 4.69) is 0 Å². The quantitative estimate of drug-likeness (QED) is 0.238. The molecule has 0 fully saturated rings. The van der Waals surface area contributed by atoms with Gasteiger partial charge in [0.2, 0.25) is 0 Å². The number of hydrogen-bond donors (Lipinski definition) is 0. The van der Waals surface area contributed by atoms with Gasteiger partial charge in [0.1, 0.15) is 0 Å². The molecule has 0 aromatic carbocycles. The Morgan fingerprint density at radius 1 is 0.900 bits per heavy atom. The molecule has 7 heteroatoms. The van der Waals surface area contributed by atoms with Gasteiger partial charge >= 0.3 is 6.18 Å². The van der Waals surface area contributed by atoms with Crippen molar-refractivity contribution >= 4 is 8.58 Å². The lowest BCUT2D eigenvalue weighted by Crippen LogP contribution is -2.25. The largest absolute Gasteiger partial charge is 0.389 e. The van der Waals surface area contributed by atoms with Gasteiger partial charge in [0.25, 0.3) is 5.66 Å². The number of alkyl halides is 6. The summed E-state index contributed by atoms with van der Waals surface area (Å²) in [4.78, 5) is 0. The summed E-state index contributed by atoms with van der Waals surface area (Å²) < 4.78 is 75.6. The monoisotopic (exact) mass is 324 g/mol. The fourth-order valence-corrected chi connectivity index (χ4v) is 2.96. The zero-order valence-electron chi connectivity index (χ0n) is 11.7. The molecule has 0 saturated heterocycles. The Hall–Kier alpha value is 0.01000. The molecule has 0 amide bonds. The van der Waals surface area contributed by atoms with Gasteiger partial charge in [-0.3, -0.25) is 0 Å². The molecule has 2 atom stereocenters. The third-order valence-corrected chi connectivity index (χ3v) is 4.34. The highest BCUT2D eigenvalue weighted by Crippen LogP contribution is 2.42. The second-order valence-electron chi connectivity index (χ2n) is 4.94. The lowest BCUT2D eigenvalue weighted by molar-refractivity contribution is -0.135. The molecule has 2 unspecified atom stereocenters. The van der Waals surface area contributed by atoms with Crippen LogP contribution < -0.4 is 0 Å². The average molecular weight is 324 g/mol. The van der Waals surface area contributed by atoms with Crippen LogP contribution in [0.25, 0.3) is 0 Å². The first kappa shape index (κ1) is 20.0. The standard InChI is InChI=1S/C13H23F6P/c1-2-3-10-20-13(18,19)11(14)8-6-4-5-7-9-12(15,16)17/h11,20H,2-10H2,1H3. The molecule has 0 saturated carbocycles. The van der Waals surface area contributed by atoms with Gasteiger partial charge in [-0.05, 0) is 34.0 Å². The number of unbranched alkanes of at least 4 members (excludes halogenated alkanes) is 4.